The van der Waals surface area contributed by atoms with Gasteiger partial charge in [0.2, 0.25) is 0 Å². The molecule has 0 fully saturated rings. The maximum absolute atomic E-state index is 12.9. The van der Waals surface area contributed by atoms with Crippen molar-refractivity contribution in [3.05, 3.63) is 23.0 Å². The molecule has 0 aliphatic carbocycles. The lowest BCUT2D eigenvalue weighted by Gasteiger charge is -2.15. The number of carbonyl (C=O) groups is 1. The molecule has 0 aliphatic rings. The van der Waals surface area contributed by atoms with Gasteiger partial charge in [-0.25, -0.2) is 18.6 Å². The zero-order valence-corrected chi connectivity index (χ0v) is 12.1. The average Bonchev–Trinajstić information content (AvgIpc) is 2.36. The number of ether oxygens (including phenoxy) is 2. The van der Waals surface area contributed by atoms with E-state index in [-0.39, 0.29) is 17.6 Å². The summed E-state index contributed by atoms with van der Waals surface area (Å²) >= 11 is 2.85. The third kappa shape index (κ3) is 4.80. The van der Waals surface area contributed by atoms with Crippen LogP contribution in [-0.4, -0.2) is 23.9 Å². The lowest BCUT2D eigenvalue weighted by molar-refractivity contribution is -0.275. The quantitative estimate of drug-likeness (QED) is 0.442. The summed E-state index contributed by atoms with van der Waals surface area (Å²) in [5.74, 6) is -2.05. The van der Waals surface area contributed by atoms with E-state index >= 15 is 0 Å². The van der Waals surface area contributed by atoms with E-state index in [1.165, 1.54) is 6.92 Å². The van der Waals surface area contributed by atoms with Crippen molar-refractivity contribution in [2.24, 2.45) is 0 Å². The molecule has 1 aromatic rings. The van der Waals surface area contributed by atoms with Crippen molar-refractivity contribution in [1.29, 1.82) is 0 Å². The maximum Gasteiger partial charge on any atom is 0.573 e. The number of esters is 1. The summed E-state index contributed by atoms with van der Waals surface area (Å²) in [6.45, 7) is 1.36. The average molecular weight is 378 g/mol. The standard InChI is InChI=1S/C11H9BrF5NO3/c1-2-20-10(19)8-5(9(13)14)3-7(6(4-12)18-8)21-11(15,16)17/h3,9H,2,4H2,1H3. The molecular formula is C11H9BrF5NO3. The molecule has 0 atom stereocenters. The predicted octanol–water partition coefficient (Wildman–Crippen LogP) is 3.99. The molecule has 118 valence electrons. The fraction of sp³-hybridized carbons (Fsp3) is 0.455. The minimum Gasteiger partial charge on any atom is -0.461 e. The van der Waals surface area contributed by atoms with E-state index < -0.39 is 35.8 Å². The van der Waals surface area contributed by atoms with Gasteiger partial charge in [0, 0.05) is 5.33 Å². The van der Waals surface area contributed by atoms with E-state index in [0.717, 1.165) is 0 Å². The number of hydrogen-bond acceptors (Lipinski definition) is 4. The number of aromatic nitrogens is 1. The smallest absolute Gasteiger partial charge is 0.461 e. The Morgan fingerprint density at radius 2 is 2.05 bits per heavy atom. The van der Waals surface area contributed by atoms with Crippen LogP contribution in [0.1, 0.15) is 35.1 Å². The molecule has 0 N–H and O–H groups in total. The fourth-order valence-corrected chi connectivity index (χ4v) is 1.79. The van der Waals surface area contributed by atoms with Crippen LogP contribution in [0, 0.1) is 0 Å². The SMILES string of the molecule is CCOC(=O)c1nc(CBr)c(OC(F)(F)F)cc1C(F)F. The van der Waals surface area contributed by atoms with Crippen molar-refractivity contribution in [2.45, 2.75) is 25.0 Å². The van der Waals surface area contributed by atoms with Crippen LogP contribution in [-0.2, 0) is 10.1 Å². The molecule has 0 bridgehead atoms. The van der Waals surface area contributed by atoms with Gasteiger partial charge >= 0.3 is 12.3 Å². The Labute approximate surface area is 124 Å². The van der Waals surface area contributed by atoms with Gasteiger partial charge in [0.15, 0.2) is 11.4 Å². The van der Waals surface area contributed by atoms with Crippen molar-refractivity contribution < 1.29 is 36.2 Å². The van der Waals surface area contributed by atoms with Crippen molar-refractivity contribution in [1.82, 2.24) is 4.98 Å². The molecule has 0 amide bonds. The van der Waals surface area contributed by atoms with Gasteiger partial charge in [-0.1, -0.05) is 15.9 Å². The van der Waals surface area contributed by atoms with E-state index in [2.05, 4.69) is 30.4 Å². The van der Waals surface area contributed by atoms with Crippen LogP contribution >= 0.6 is 15.9 Å². The van der Waals surface area contributed by atoms with Gasteiger partial charge in [-0.2, -0.15) is 0 Å². The number of hydrogen-bond donors (Lipinski definition) is 0. The maximum atomic E-state index is 12.9. The number of rotatable bonds is 5. The van der Waals surface area contributed by atoms with Crippen LogP contribution in [0.4, 0.5) is 22.0 Å². The highest BCUT2D eigenvalue weighted by Gasteiger charge is 2.34. The summed E-state index contributed by atoms with van der Waals surface area (Å²) < 4.78 is 70.6. The van der Waals surface area contributed by atoms with Crippen molar-refractivity contribution in [3.8, 4) is 5.75 Å². The van der Waals surface area contributed by atoms with Crippen molar-refractivity contribution in [2.75, 3.05) is 6.61 Å². The molecule has 0 aliphatic heterocycles. The number of pyridine rings is 1. The number of carbonyl (C=O) groups excluding carboxylic acids is 1. The summed E-state index contributed by atoms with van der Waals surface area (Å²) in [5.41, 5.74) is -2.08. The highest BCUT2D eigenvalue weighted by molar-refractivity contribution is 9.08. The fourth-order valence-electron chi connectivity index (χ4n) is 1.39. The number of alkyl halides is 6. The van der Waals surface area contributed by atoms with Gasteiger partial charge in [0.05, 0.1) is 17.9 Å². The van der Waals surface area contributed by atoms with Gasteiger partial charge in [0.25, 0.3) is 6.43 Å². The van der Waals surface area contributed by atoms with E-state index in [0.29, 0.717) is 6.07 Å². The summed E-state index contributed by atoms with van der Waals surface area (Å²) in [6.07, 6.45) is -8.28. The minimum atomic E-state index is -5.07. The van der Waals surface area contributed by atoms with E-state index in [1.54, 1.807) is 0 Å². The molecule has 21 heavy (non-hydrogen) atoms. The Hall–Kier alpha value is -1.45. The van der Waals surface area contributed by atoms with E-state index in [9.17, 15) is 26.7 Å². The molecule has 0 radical (unpaired) electrons. The van der Waals surface area contributed by atoms with Gasteiger partial charge in [-0.3, -0.25) is 0 Å². The number of nitrogens with zero attached hydrogens (tertiary/aromatic N) is 1. The molecule has 0 spiro atoms. The second kappa shape index (κ2) is 7.01. The molecule has 0 saturated heterocycles. The molecule has 0 saturated carbocycles. The Balaban J connectivity index is 3.37. The van der Waals surface area contributed by atoms with Gasteiger partial charge in [-0.05, 0) is 13.0 Å². The molecule has 10 heteroatoms. The normalized spacial score (nSPS) is 11.6. The van der Waals surface area contributed by atoms with Crippen LogP contribution in [0.3, 0.4) is 0 Å². The predicted molar refractivity (Wildman–Crippen MR) is 64.5 cm³/mol. The van der Waals surface area contributed by atoms with Crippen LogP contribution in [0.2, 0.25) is 0 Å². The van der Waals surface area contributed by atoms with Crippen molar-refractivity contribution >= 4 is 21.9 Å². The largest absolute Gasteiger partial charge is 0.573 e. The molecule has 4 nitrogen and oxygen atoms in total. The van der Waals surface area contributed by atoms with Crippen LogP contribution in [0.25, 0.3) is 0 Å². The Kier molecular flexibility index (Phi) is 5.87. The first-order valence-corrected chi connectivity index (χ1v) is 6.62. The summed E-state index contributed by atoms with van der Waals surface area (Å²) in [4.78, 5) is 15.0. The zero-order chi connectivity index (χ0) is 16.2. The molecule has 1 rings (SSSR count). The molecular weight excluding hydrogens is 369 g/mol. The Morgan fingerprint density at radius 3 is 2.48 bits per heavy atom. The summed E-state index contributed by atoms with van der Waals surface area (Å²) in [6, 6.07) is 0.438. The molecule has 0 aromatic carbocycles. The number of halogens is 6. The second-order valence-electron chi connectivity index (χ2n) is 3.57. The minimum absolute atomic E-state index is 0.0896. The first kappa shape index (κ1) is 17.6. The monoisotopic (exact) mass is 377 g/mol. The Morgan fingerprint density at radius 1 is 1.43 bits per heavy atom. The highest BCUT2D eigenvalue weighted by Crippen LogP contribution is 2.33. The molecule has 1 aromatic heterocycles. The van der Waals surface area contributed by atoms with Crippen LogP contribution in [0.5, 0.6) is 5.75 Å². The molecule has 0 unspecified atom stereocenters. The van der Waals surface area contributed by atoms with Gasteiger partial charge in [-0.15, -0.1) is 13.2 Å². The summed E-state index contributed by atoms with van der Waals surface area (Å²) in [7, 11) is 0. The molecule has 1 heterocycles. The first-order chi connectivity index (χ1) is 9.69. The first-order valence-electron chi connectivity index (χ1n) is 5.50. The Bertz CT molecular complexity index is 521. The van der Waals surface area contributed by atoms with Gasteiger partial charge in [0.1, 0.15) is 0 Å². The van der Waals surface area contributed by atoms with Crippen LogP contribution in [0.15, 0.2) is 6.07 Å². The summed E-state index contributed by atoms with van der Waals surface area (Å²) in [5, 5.41) is -0.228. The third-order valence-corrected chi connectivity index (χ3v) is 2.68. The zero-order valence-electron chi connectivity index (χ0n) is 10.5. The van der Waals surface area contributed by atoms with E-state index in [1.807, 2.05) is 0 Å². The topological polar surface area (TPSA) is 48.4 Å². The lowest BCUT2D eigenvalue weighted by Crippen LogP contribution is -2.20. The highest BCUT2D eigenvalue weighted by atomic mass is 79.9. The third-order valence-electron chi connectivity index (χ3n) is 2.15. The van der Waals surface area contributed by atoms with Gasteiger partial charge < -0.3 is 9.47 Å². The van der Waals surface area contributed by atoms with Crippen molar-refractivity contribution in [3.63, 3.8) is 0 Å². The second-order valence-corrected chi connectivity index (χ2v) is 4.13. The lowest BCUT2D eigenvalue weighted by atomic mass is 10.1. The van der Waals surface area contributed by atoms with E-state index in [4.69, 9.17) is 0 Å². The van der Waals surface area contributed by atoms with Crippen LogP contribution < -0.4 is 4.74 Å².